The van der Waals surface area contributed by atoms with Gasteiger partial charge in [0.25, 0.3) is 5.92 Å². The number of hydrogen-bond donors (Lipinski definition) is 0. The third-order valence-corrected chi connectivity index (χ3v) is 2.53. The lowest BCUT2D eigenvalue weighted by molar-refractivity contribution is -0.194. The van der Waals surface area contributed by atoms with Gasteiger partial charge < -0.3 is 4.74 Å². The van der Waals surface area contributed by atoms with Crippen molar-refractivity contribution in [1.29, 1.82) is 0 Å². The molecule has 2 aromatic rings. The first-order valence-electron chi connectivity index (χ1n) is 5.92. The van der Waals surface area contributed by atoms with Gasteiger partial charge in [0.2, 0.25) is 5.88 Å². The maximum atomic E-state index is 13.2. The highest BCUT2D eigenvalue weighted by Gasteiger charge is 2.44. The maximum absolute atomic E-state index is 13.2. The van der Waals surface area contributed by atoms with Crippen LogP contribution in [-0.2, 0) is 0 Å². The standard InChI is InChI=1S/C11H10F5N5O/c1-7-8(21-6-17-4-20-21)18-5-19-9(7)22-3-10(12,13)2-11(14,15)16/h4-6H,2-3H2,1H3. The fourth-order valence-electron chi connectivity index (χ4n) is 1.64. The molecule has 2 aromatic heterocycles. The Hall–Kier alpha value is -2.33. The molecule has 0 aliphatic carbocycles. The highest BCUT2D eigenvalue weighted by molar-refractivity contribution is 5.37. The minimum atomic E-state index is -4.99. The van der Waals surface area contributed by atoms with Crippen molar-refractivity contribution < 1.29 is 26.7 Å². The summed E-state index contributed by atoms with van der Waals surface area (Å²) in [6, 6.07) is 0. The van der Waals surface area contributed by atoms with Crippen LogP contribution in [0.15, 0.2) is 19.0 Å². The van der Waals surface area contributed by atoms with Gasteiger partial charge in [0.05, 0.1) is 5.56 Å². The molecule has 0 amide bonds. The number of ether oxygens (including phenoxy) is 1. The minimum absolute atomic E-state index is 0.224. The summed E-state index contributed by atoms with van der Waals surface area (Å²) in [5, 5.41) is 3.81. The van der Waals surface area contributed by atoms with Crippen molar-refractivity contribution >= 4 is 0 Å². The summed E-state index contributed by atoms with van der Waals surface area (Å²) in [6.07, 6.45) is -3.67. The van der Waals surface area contributed by atoms with E-state index in [1.165, 1.54) is 24.3 Å². The molecule has 0 aromatic carbocycles. The molecule has 11 heteroatoms. The van der Waals surface area contributed by atoms with E-state index in [1.54, 1.807) is 0 Å². The minimum Gasteiger partial charge on any atom is -0.471 e. The fraction of sp³-hybridized carbons (Fsp3) is 0.455. The van der Waals surface area contributed by atoms with Crippen molar-refractivity contribution in [3.63, 3.8) is 0 Å². The lowest BCUT2D eigenvalue weighted by atomic mass is 10.2. The topological polar surface area (TPSA) is 65.7 Å². The molecule has 0 aliphatic heterocycles. The molecule has 0 unspecified atom stereocenters. The second-order valence-electron chi connectivity index (χ2n) is 4.40. The van der Waals surface area contributed by atoms with Crippen molar-refractivity contribution in [3.05, 3.63) is 24.5 Å². The molecule has 0 fully saturated rings. The van der Waals surface area contributed by atoms with Gasteiger partial charge in [0.1, 0.15) is 25.4 Å². The van der Waals surface area contributed by atoms with Crippen molar-refractivity contribution in [2.75, 3.05) is 6.61 Å². The second kappa shape index (κ2) is 5.81. The molecular weight excluding hydrogens is 313 g/mol. The number of hydrogen-bond acceptors (Lipinski definition) is 5. The van der Waals surface area contributed by atoms with Gasteiger partial charge in [-0.15, -0.1) is 0 Å². The maximum Gasteiger partial charge on any atom is 0.394 e. The van der Waals surface area contributed by atoms with E-state index in [9.17, 15) is 22.0 Å². The molecule has 0 spiro atoms. The summed E-state index contributed by atoms with van der Waals surface area (Å²) in [5.74, 6) is -4.08. The number of alkyl halides is 5. The van der Waals surface area contributed by atoms with Gasteiger partial charge in [-0.1, -0.05) is 0 Å². The molecule has 2 rings (SSSR count). The Balaban J connectivity index is 2.13. The predicted molar refractivity (Wildman–Crippen MR) is 62.8 cm³/mol. The molecule has 0 N–H and O–H groups in total. The molecule has 0 bridgehead atoms. The normalized spacial score (nSPS) is 12.5. The average molecular weight is 323 g/mol. The van der Waals surface area contributed by atoms with Gasteiger partial charge in [-0.2, -0.15) is 18.3 Å². The molecule has 0 radical (unpaired) electrons. The van der Waals surface area contributed by atoms with Crippen LogP contribution >= 0.6 is 0 Å². The zero-order valence-corrected chi connectivity index (χ0v) is 11.2. The number of halogens is 5. The Bertz CT molecular complexity index is 628. The van der Waals surface area contributed by atoms with E-state index in [2.05, 4.69) is 20.1 Å². The molecule has 0 saturated heterocycles. The van der Waals surface area contributed by atoms with Crippen molar-refractivity contribution in [3.8, 4) is 11.7 Å². The third kappa shape index (κ3) is 4.09. The van der Waals surface area contributed by atoms with Gasteiger partial charge in [-0.25, -0.2) is 28.4 Å². The zero-order chi connectivity index (χ0) is 16.4. The van der Waals surface area contributed by atoms with E-state index in [0.29, 0.717) is 0 Å². The predicted octanol–water partition coefficient (Wildman–Crippen LogP) is 2.33. The van der Waals surface area contributed by atoms with Crippen LogP contribution in [0.4, 0.5) is 22.0 Å². The monoisotopic (exact) mass is 323 g/mol. The lowest BCUT2D eigenvalue weighted by Gasteiger charge is -2.19. The van der Waals surface area contributed by atoms with E-state index < -0.39 is 25.1 Å². The summed E-state index contributed by atoms with van der Waals surface area (Å²) >= 11 is 0. The van der Waals surface area contributed by atoms with Gasteiger partial charge in [-0.05, 0) is 6.92 Å². The molecular formula is C11H10F5N5O. The smallest absolute Gasteiger partial charge is 0.394 e. The van der Waals surface area contributed by atoms with Gasteiger partial charge in [0, 0.05) is 0 Å². The first-order valence-corrected chi connectivity index (χ1v) is 5.92. The van der Waals surface area contributed by atoms with E-state index >= 15 is 0 Å². The summed E-state index contributed by atoms with van der Waals surface area (Å²) in [7, 11) is 0. The van der Waals surface area contributed by atoms with Crippen molar-refractivity contribution in [1.82, 2.24) is 24.7 Å². The van der Waals surface area contributed by atoms with Gasteiger partial charge in [-0.3, -0.25) is 0 Å². The fourth-order valence-corrected chi connectivity index (χ4v) is 1.64. The zero-order valence-electron chi connectivity index (χ0n) is 11.2. The van der Waals surface area contributed by atoms with Gasteiger partial charge in [0.15, 0.2) is 12.4 Å². The van der Waals surface area contributed by atoms with E-state index in [4.69, 9.17) is 4.74 Å². The van der Waals surface area contributed by atoms with Crippen LogP contribution in [0, 0.1) is 6.92 Å². The van der Waals surface area contributed by atoms with Crippen LogP contribution in [0.2, 0.25) is 0 Å². The Morgan fingerprint density at radius 3 is 2.45 bits per heavy atom. The summed E-state index contributed by atoms with van der Waals surface area (Å²) in [6.45, 7) is 0.0232. The summed E-state index contributed by atoms with van der Waals surface area (Å²) in [4.78, 5) is 11.2. The number of rotatable bonds is 5. The second-order valence-corrected chi connectivity index (χ2v) is 4.40. The van der Waals surface area contributed by atoms with Crippen LogP contribution in [0.3, 0.4) is 0 Å². The van der Waals surface area contributed by atoms with Crippen molar-refractivity contribution in [2.45, 2.75) is 25.4 Å². The largest absolute Gasteiger partial charge is 0.471 e. The van der Waals surface area contributed by atoms with Crippen LogP contribution in [0.25, 0.3) is 5.82 Å². The van der Waals surface area contributed by atoms with Crippen LogP contribution in [0.5, 0.6) is 5.88 Å². The quantitative estimate of drug-likeness (QED) is 0.790. The number of aromatic nitrogens is 5. The van der Waals surface area contributed by atoms with Gasteiger partial charge >= 0.3 is 6.18 Å². The van der Waals surface area contributed by atoms with E-state index in [-0.39, 0.29) is 17.3 Å². The summed E-state index contributed by atoms with van der Waals surface area (Å²) < 4.78 is 68.4. The van der Waals surface area contributed by atoms with Crippen molar-refractivity contribution in [2.24, 2.45) is 0 Å². The van der Waals surface area contributed by atoms with E-state index in [0.717, 1.165) is 6.33 Å². The third-order valence-electron chi connectivity index (χ3n) is 2.53. The highest BCUT2D eigenvalue weighted by atomic mass is 19.4. The molecule has 0 saturated carbocycles. The first-order chi connectivity index (χ1) is 10.2. The van der Waals surface area contributed by atoms with Crippen LogP contribution in [-0.4, -0.2) is 43.4 Å². The lowest BCUT2D eigenvalue weighted by Crippen LogP contribution is -2.32. The Labute approximate surface area is 121 Å². The highest BCUT2D eigenvalue weighted by Crippen LogP contribution is 2.32. The molecule has 0 atom stereocenters. The number of nitrogens with zero attached hydrogens (tertiary/aromatic N) is 5. The first kappa shape index (κ1) is 16.0. The Kier molecular flexibility index (Phi) is 4.24. The molecule has 0 aliphatic rings. The Morgan fingerprint density at radius 1 is 1.14 bits per heavy atom. The molecule has 120 valence electrons. The molecule has 22 heavy (non-hydrogen) atoms. The Morgan fingerprint density at radius 2 is 1.86 bits per heavy atom. The summed E-state index contributed by atoms with van der Waals surface area (Å²) in [5.41, 5.74) is 0.246. The average Bonchev–Trinajstić information content (AvgIpc) is 2.88. The van der Waals surface area contributed by atoms with Crippen LogP contribution in [0.1, 0.15) is 12.0 Å². The SMILES string of the molecule is Cc1c(OCC(F)(F)CC(F)(F)F)ncnc1-n1cncn1. The molecule has 6 nitrogen and oxygen atoms in total. The molecule has 2 heterocycles. The van der Waals surface area contributed by atoms with E-state index in [1.807, 2.05) is 0 Å². The van der Waals surface area contributed by atoms with Crippen LogP contribution < -0.4 is 4.74 Å².